The number of likely N-dealkylation sites (N-methyl/N-ethyl adjacent to an activating group) is 1. The predicted octanol–water partition coefficient (Wildman–Crippen LogP) is 0.827. The van der Waals surface area contributed by atoms with E-state index < -0.39 is 0 Å². The molecule has 0 aromatic heterocycles. The van der Waals surface area contributed by atoms with E-state index in [-0.39, 0.29) is 6.29 Å². The van der Waals surface area contributed by atoms with Crippen LogP contribution in [0, 0.1) is 0 Å². The van der Waals surface area contributed by atoms with Crippen molar-refractivity contribution in [2.45, 2.75) is 25.2 Å². The molecule has 2 aliphatic rings. The van der Waals surface area contributed by atoms with Crippen LogP contribution in [-0.2, 0) is 9.47 Å². The van der Waals surface area contributed by atoms with E-state index in [1.807, 2.05) is 0 Å². The molecule has 0 saturated carbocycles. The molecule has 0 aliphatic carbocycles. The first kappa shape index (κ1) is 10.4. The summed E-state index contributed by atoms with van der Waals surface area (Å²) >= 11 is 0. The van der Waals surface area contributed by atoms with Crippen molar-refractivity contribution in [3.8, 4) is 0 Å². The molecule has 0 aromatic rings. The summed E-state index contributed by atoms with van der Waals surface area (Å²) in [5, 5.41) is 4.35. The van der Waals surface area contributed by atoms with Gasteiger partial charge < -0.3 is 14.8 Å². The highest BCUT2D eigenvalue weighted by Crippen LogP contribution is 2.17. The Bertz CT molecular complexity index is 166. The van der Waals surface area contributed by atoms with Crippen molar-refractivity contribution in [2.75, 3.05) is 39.9 Å². The van der Waals surface area contributed by atoms with Crippen molar-refractivity contribution in [2.24, 2.45) is 0 Å². The van der Waals surface area contributed by atoms with Crippen LogP contribution >= 0.6 is 0 Å². The van der Waals surface area contributed by atoms with Crippen molar-refractivity contribution < 1.29 is 9.47 Å². The van der Waals surface area contributed by atoms with Crippen molar-refractivity contribution in [3.05, 3.63) is 5.32 Å². The van der Waals surface area contributed by atoms with Crippen molar-refractivity contribution in [1.29, 1.82) is 0 Å². The average Bonchev–Trinajstić information content (AvgIpc) is 2.72. The molecule has 14 heavy (non-hydrogen) atoms. The van der Waals surface area contributed by atoms with Gasteiger partial charge in [-0.3, -0.25) is 4.90 Å². The Morgan fingerprint density at radius 1 is 1.21 bits per heavy atom. The van der Waals surface area contributed by atoms with Crippen LogP contribution in [-0.4, -0.2) is 57.1 Å². The smallest absolute Gasteiger partial charge is 0.170 e. The number of ether oxygens (including phenoxy) is 2. The highest BCUT2D eigenvalue weighted by Gasteiger charge is 2.21. The molecular weight excluding hydrogens is 180 g/mol. The predicted molar refractivity (Wildman–Crippen MR) is 54.4 cm³/mol. The lowest BCUT2D eigenvalue weighted by Gasteiger charge is -2.38. The molecule has 0 atom stereocenters. The summed E-state index contributed by atoms with van der Waals surface area (Å²) in [4.78, 5) is 2.35. The first-order valence-electron chi connectivity index (χ1n) is 5.43. The quantitative estimate of drug-likeness (QED) is 0.675. The van der Waals surface area contributed by atoms with Crippen LogP contribution in [0.25, 0.3) is 5.32 Å². The fraction of sp³-hybridized carbons (Fsp3) is 1.00. The lowest BCUT2D eigenvalue weighted by Crippen LogP contribution is -2.40. The van der Waals surface area contributed by atoms with E-state index in [1.165, 1.54) is 12.8 Å². The number of hydrogen-bond acceptors (Lipinski definition) is 3. The van der Waals surface area contributed by atoms with Crippen LogP contribution in [0.3, 0.4) is 0 Å². The Morgan fingerprint density at radius 2 is 1.86 bits per heavy atom. The maximum atomic E-state index is 5.43. The Morgan fingerprint density at radius 3 is 2.50 bits per heavy atom. The molecule has 2 heterocycles. The minimum Gasteiger partial charge on any atom is -0.662 e. The second-order valence-corrected chi connectivity index (χ2v) is 4.01. The molecule has 0 bridgehead atoms. The summed E-state index contributed by atoms with van der Waals surface area (Å²) in [6.07, 6.45) is 2.37. The second-order valence-electron chi connectivity index (χ2n) is 4.01. The molecule has 2 fully saturated rings. The Hall–Kier alpha value is -0.160. The van der Waals surface area contributed by atoms with Gasteiger partial charge in [-0.1, -0.05) is 12.8 Å². The van der Waals surface area contributed by atoms with Crippen molar-refractivity contribution in [1.82, 2.24) is 4.90 Å². The minimum atomic E-state index is -0.00105. The highest BCUT2D eigenvalue weighted by atomic mass is 16.7. The molecule has 0 unspecified atom stereocenters. The van der Waals surface area contributed by atoms with E-state index in [2.05, 4.69) is 17.3 Å². The third-order valence-corrected chi connectivity index (χ3v) is 2.99. The van der Waals surface area contributed by atoms with Crippen LogP contribution in [0.5, 0.6) is 0 Å². The molecule has 4 nitrogen and oxygen atoms in total. The van der Waals surface area contributed by atoms with E-state index in [0.717, 1.165) is 32.8 Å². The number of hydrogen-bond donors (Lipinski definition) is 0. The van der Waals surface area contributed by atoms with Crippen LogP contribution in [0.2, 0.25) is 0 Å². The molecule has 0 amide bonds. The molecule has 0 N–H and O–H groups in total. The van der Waals surface area contributed by atoms with E-state index >= 15 is 0 Å². The molecule has 0 aromatic carbocycles. The van der Waals surface area contributed by atoms with Gasteiger partial charge in [-0.15, -0.1) is 13.1 Å². The zero-order chi connectivity index (χ0) is 9.80. The highest BCUT2D eigenvalue weighted by molar-refractivity contribution is 4.90. The van der Waals surface area contributed by atoms with Gasteiger partial charge in [0.15, 0.2) is 6.29 Å². The largest absolute Gasteiger partial charge is 0.662 e. The van der Waals surface area contributed by atoms with Gasteiger partial charge in [-0.25, -0.2) is 0 Å². The molecule has 2 saturated heterocycles. The first-order valence-corrected chi connectivity index (χ1v) is 5.43. The number of nitrogens with zero attached hydrogens (tertiary/aromatic N) is 2. The second kappa shape index (κ2) is 5.07. The lowest BCUT2D eigenvalue weighted by atomic mass is 10.1. The summed E-state index contributed by atoms with van der Waals surface area (Å²) in [6, 6.07) is 0.667. The van der Waals surface area contributed by atoms with Crippen LogP contribution in [0.15, 0.2) is 0 Å². The van der Waals surface area contributed by atoms with E-state index in [4.69, 9.17) is 9.47 Å². The van der Waals surface area contributed by atoms with Crippen LogP contribution in [0.1, 0.15) is 12.8 Å². The molecule has 2 aliphatic heterocycles. The Kier molecular flexibility index (Phi) is 3.75. The topological polar surface area (TPSA) is 35.8 Å². The monoisotopic (exact) mass is 199 g/mol. The average molecular weight is 199 g/mol. The normalized spacial score (nSPS) is 26.1. The Labute approximate surface area is 85.5 Å². The van der Waals surface area contributed by atoms with Gasteiger partial charge in [0.25, 0.3) is 0 Å². The molecule has 4 heteroatoms. The molecule has 2 rings (SSSR count). The first-order chi connectivity index (χ1) is 6.86. The van der Waals surface area contributed by atoms with E-state index in [0.29, 0.717) is 6.04 Å². The fourth-order valence-electron chi connectivity index (χ4n) is 2.07. The van der Waals surface area contributed by atoms with Gasteiger partial charge in [-0.2, -0.15) is 0 Å². The third-order valence-electron chi connectivity index (χ3n) is 2.99. The van der Waals surface area contributed by atoms with Crippen LogP contribution < -0.4 is 0 Å². The summed E-state index contributed by atoms with van der Waals surface area (Å²) in [7, 11) is 2.15. The number of rotatable bonds is 3. The summed E-state index contributed by atoms with van der Waals surface area (Å²) in [5.74, 6) is 0. The maximum absolute atomic E-state index is 5.43. The molecule has 0 radical (unpaired) electrons. The van der Waals surface area contributed by atoms with Crippen molar-refractivity contribution >= 4 is 0 Å². The lowest BCUT2D eigenvalue weighted by molar-refractivity contribution is -0.0647. The zero-order valence-electron chi connectivity index (χ0n) is 8.82. The SMILES string of the molecule is CN(CC1OCCO1)C1CC[N-]CC1. The van der Waals surface area contributed by atoms with E-state index in [9.17, 15) is 0 Å². The maximum Gasteiger partial charge on any atom is 0.170 e. The van der Waals surface area contributed by atoms with Gasteiger partial charge in [0.05, 0.1) is 13.2 Å². The number of piperidine rings is 1. The molecule has 0 spiro atoms. The van der Waals surface area contributed by atoms with Crippen molar-refractivity contribution in [3.63, 3.8) is 0 Å². The minimum absolute atomic E-state index is 0.00105. The standard InChI is InChI=1S/C10H19N2O2/c1-12(8-10-13-6-7-14-10)9-2-4-11-5-3-9/h9-10H,2-8H2,1H3/q-1. The van der Waals surface area contributed by atoms with Gasteiger partial charge in [0, 0.05) is 12.6 Å². The Balaban J connectivity index is 1.72. The van der Waals surface area contributed by atoms with Gasteiger partial charge in [-0.05, 0) is 7.05 Å². The molecular formula is C10H19N2O2-. The van der Waals surface area contributed by atoms with Crippen LogP contribution in [0.4, 0.5) is 0 Å². The zero-order valence-corrected chi connectivity index (χ0v) is 8.82. The summed E-state index contributed by atoms with van der Waals surface area (Å²) < 4.78 is 10.9. The third kappa shape index (κ3) is 2.67. The fourth-order valence-corrected chi connectivity index (χ4v) is 2.07. The summed E-state index contributed by atoms with van der Waals surface area (Å²) in [6.45, 7) is 4.42. The van der Waals surface area contributed by atoms with Gasteiger partial charge in [0.2, 0.25) is 0 Å². The van der Waals surface area contributed by atoms with Gasteiger partial charge >= 0.3 is 0 Å². The van der Waals surface area contributed by atoms with Gasteiger partial charge in [0.1, 0.15) is 0 Å². The van der Waals surface area contributed by atoms with E-state index in [1.54, 1.807) is 0 Å². The summed E-state index contributed by atoms with van der Waals surface area (Å²) in [5.41, 5.74) is 0. The molecule has 82 valence electrons.